The van der Waals surface area contributed by atoms with Crippen LogP contribution in [0.4, 0.5) is 0 Å². The zero-order valence-electron chi connectivity index (χ0n) is 16.6. The second-order valence-corrected chi connectivity index (χ2v) is 7.66. The summed E-state index contributed by atoms with van der Waals surface area (Å²) in [6.45, 7) is 6.12. The summed E-state index contributed by atoms with van der Waals surface area (Å²) in [5.41, 5.74) is 1.24. The molecule has 5 heteroatoms. The van der Waals surface area contributed by atoms with Gasteiger partial charge in [0.15, 0.2) is 11.5 Å². The van der Waals surface area contributed by atoms with Crippen LogP contribution in [-0.2, 0) is 6.54 Å². The van der Waals surface area contributed by atoms with Crippen molar-refractivity contribution >= 4 is 0 Å². The summed E-state index contributed by atoms with van der Waals surface area (Å²) >= 11 is 0. The molecule has 150 valence electrons. The average Bonchev–Trinajstić information content (AvgIpc) is 2.96. The molecule has 2 aliphatic rings. The first-order chi connectivity index (χ1) is 13.2. The topological polar surface area (TPSA) is 45.2 Å². The Balaban J connectivity index is 1.55. The van der Waals surface area contributed by atoms with E-state index in [1.54, 1.807) is 7.11 Å². The third kappa shape index (κ3) is 6.52. The Hall–Kier alpha value is -1.56. The second-order valence-electron chi connectivity index (χ2n) is 7.66. The standard InChI is InChI=1S/C22H34N2O3/c1-26-21-10-9-19(16-23-11-5-2-3-6-12-23)15-22(21)27-18-20(25)17-24-13-7-4-8-14-24/h4,7,9-10,15,20,25H,2-3,5-6,8,11-14,16-18H2,1H3. The van der Waals surface area contributed by atoms with E-state index in [1.165, 1.54) is 44.3 Å². The summed E-state index contributed by atoms with van der Waals surface area (Å²) in [6, 6.07) is 6.16. The predicted molar refractivity (Wildman–Crippen MR) is 108 cm³/mol. The molecule has 0 saturated carbocycles. The molecular formula is C22H34N2O3. The Morgan fingerprint density at radius 2 is 1.81 bits per heavy atom. The normalized spacial score (nSPS) is 20.2. The first kappa shape index (κ1) is 20.2. The Bertz CT molecular complexity index is 597. The lowest BCUT2D eigenvalue weighted by Crippen LogP contribution is -2.37. The van der Waals surface area contributed by atoms with Gasteiger partial charge in [0, 0.05) is 26.2 Å². The van der Waals surface area contributed by atoms with Gasteiger partial charge in [-0.1, -0.05) is 31.1 Å². The van der Waals surface area contributed by atoms with Crippen molar-refractivity contribution in [2.45, 2.75) is 44.8 Å². The Morgan fingerprint density at radius 1 is 1.00 bits per heavy atom. The van der Waals surface area contributed by atoms with Crippen molar-refractivity contribution in [3.63, 3.8) is 0 Å². The minimum Gasteiger partial charge on any atom is -0.493 e. The van der Waals surface area contributed by atoms with E-state index in [0.717, 1.165) is 37.6 Å². The smallest absolute Gasteiger partial charge is 0.161 e. The zero-order chi connectivity index (χ0) is 18.9. The summed E-state index contributed by atoms with van der Waals surface area (Å²) < 4.78 is 11.4. The van der Waals surface area contributed by atoms with Crippen molar-refractivity contribution in [3.05, 3.63) is 35.9 Å². The molecule has 3 rings (SSSR count). The molecular weight excluding hydrogens is 340 g/mol. The van der Waals surface area contributed by atoms with Crippen molar-refractivity contribution < 1.29 is 14.6 Å². The van der Waals surface area contributed by atoms with Gasteiger partial charge in [-0.3, -0.25) is 9.80 Å². The fourth-order valence-corrected chi connectivity index (χ4v) is 3.88. The van der Waals surface area contributed by atoms with Crippen LogP contribution in [0.1, 0.15) is 37.7 Å². The van der Waals surface area contributed by atoms with Gasteiger partial charge in [-0.25, -0.2) is 0 Å². The van der Waals surface area contributed by atoms with E-state index in [-0.39, 0.29) is 6.61 Å². The van der Waals surface area contributed by atoms with E-state index in [0.29, 0.717) is 6.54 Å². The molecule has 1 N–H and O–H groups in total. The molecule has 27 heavy (non-hydrogen) atoms. The van der Waals surface area contributed by atoms with E-state index in [2.05, 4.69) is 34.1 Å². The maximum Gasteiger partial charge on any atom is 0.161 e. The summed E-state index contributed by atoms with van der Waals surface area (Å²) in [4.78, 5) is 4.78. The van der Waals surface area contributed by atoms with Gasteiger partial charge in [-0.15, -0.1) is 0 Å². The molecule has 0 radical (unpaired) electrons. The highest BCUT2D eigenvalue weighted by Crippen LogP contribution is 2.29. The largest absolute Gasteiger partial charge is 0.493 e. The van der Waals surface area contributed by atoms with E-state index in [9.17, 15) is 5.11 Å². The maximum atomic E-state index is 10.3. The van der Waals surface area contributed by atoms with Crippen LogP contribution >= 0.6 is 0 Å². The van der Waals surface area contributed by atoms with Crippen molar-refractivity contribution in [2.75, 3.05) is 46.4 Å². The van der Waals surface area contributed by atoms with E-state index >= 15 is 0 Å². The Kier molecular flexibility index (Phi) is 7.99. The van der Waals surface area contributed by atoms with Gasteiger partial charge >= 0.3 is 0 Å². The monoisotopic (exact) mass is 374 g/mol. The van der Waals surface area contributed by atoms with Crippen LogP contribution in [0.25, 0.3) is 0 Å². The number of hydrogen-bond acceptors (Lipinski definition) is 5. The summed E-state index contributed by atoms with van der Waals surface area (Å²) in [5, 5.41) is 10.3. The Labute approximate surface area is 163 Å². The average molecular weight is 375 g/mol. The van der Waals surface area contributed by atoms with Crippen LogP contribution in [0.5, 0.6) is 11.5 Å². The zero-order valence-corrected chi connectivity index (χ0v) is 16.6. The molecule has 2 heterocycles. The molecule has 0 aromatic heterocycles. The summed E-state index contributed by atoms with van der Waals surface area (Å²) in [7, 11) is 1.66. The highest BCUT2D eigenvalue weighted by atomic mass is 16.5. The number of aliphatic hydroxyl groups is 1. The molecule has 1 fully saturated rings. The number of hydrogen-bond donors (Lipinski definition) is 1. The number of rotatable bonds is 8. The maximum absolute atomic E-state index is 10.3. The van der Waals surface area contributed by atoms with Crippen LogP contribution in [0, 0.1) is 0 Å². The second kappa shape index (κ2) is 10.7. The Morgan fingerprint density at radius 3 is 2.52 bits per heavy atom. The fraction of sp³-hybridized carbons (Fsp3) is 0.636. The lowest BCUT2D eigenvalue weighted by atomic mass is 10.1. The van der Waals surface area contributed by atoms with Gasteiger partial charge < -0.3 is 14.6 Å². The number of likely N-dealkylation sites (tertiary alicyclic amines) is 1. The first-order valence-corrected chi connectivity index (χ1v) is 10.3. The van der Waals surface area contributed by atoms with Crippen molar-refractivity contribution in [2.24, 2.45) is 0 Å². The molecule has 5 nitrogen and oxygen atoms in total. The quantitative estimate of drug-likeness (QED) is 0.709. The van der Waals surface area contributed by atoms with Gasteiger partial charge in [0.2, 0.25) is 0 Å². The SMILES string of the molecule is COc1ccc(CN2CCCCCC2)cc1OCC(O)CN1CC=CCC1. The molecule has 1 saturated heterocycles. The molecule has 1 unspecified atom stereocenters. The number of aliphatic hydroxyl groups excluding tert-OH is 1. The van der Waals surface area contributed by atoms with Crippen LogP contribution in [-0.4, -0.2) is 67.5 Å². The molecule has 1 atom stereocenters. The number of methoxy groups -OCH3 is 1. The first-order valence-electron chi connectivity index (χ1n) is 10.3. The van der Waals surface area contributed by atoms with Crippen LogP contribution in [0.15, 0.2) is 30.4 Å². The van der Waals surface area contributed by atoms with Gasteiger partial charge in [0.25, 0.3) is 0 Å². The molecule has 0 bridgehead atoms. The van der Waals surface area contributed by atoms with Crippen LogP contribution in [0.2, 0.25) is 0 Å². The van der Waals surface area contributed by atoms with Crippen LogP contribution < -0.4 is 9.47 Å². The van der Waals surface area contributed by atoms with E-state index < -0.39 is 6.10 Å². The molecule has 0 amide bonds. The van der Waals surface area contributed by atoms with Gasteiger partial charge in [-0.05, 0) is 50.0 Å². The number of nitrogens with zero attached hydrogens (tertiary/aromatic N) is 2. The van der Waals surface area contributed by atoms with E-state index in [4.69, 9.17) is 9.47 Å². The summed E-state index contributed by atoms with van der Waals surface area (Å²) in [6.07, 6.45) is 10.2. The number of ether oxygens (including phenoxy) is 2. The highest BCUT2D eigenvalue weighted by Gasteiger charge is 2.15. The lowest BCUT2D eigenvalue weighted by molar-refractivity contribution is 0.0702. The third-order valence-corrected chi connectivity index (χ3v) is 5.38. The fourth-order valence-electron chi connectivity index (χ4n) is 3.88. The molecule has 0 aliphatic carbocycles. The molecule has 2 aliphatic heterocycles. The van der Waals surface area contributed by atoms with Gasteiger partial charge in [-0.2, -0.15) is 0 Å². The van der Waals surface area contributed by atoms with Gasteiger partial charge in [0.1, 0.15) is 12.7 Å². The van der Waals surface area contributed by atoms with Crippen molar-refractivity contribution in [1.29, 1.82) is 0 Å². The number of β-amino-alcohol motifs (C(OH)–C–C–N with tert-alkyl or cyclic N) is 1. The van der Waals surface area contributed by atoms with E-state index in [1.807, 2.05) is 6.07 Å². The highest BCUT2D eigenvalue weighted by molar-refractivity contribution is 5.43. The van der Waals surface area contributed by atoms with Gasteiger partial charge in [0.05, 0.1) is 7.11 Å². The minimum absolute atomic E-state index is 0.281. The lowest BCUT2D eigenvalue weighted by Gasteiger charge is -2.26. The van der Waals surface area contributed by atoms with Crippen molar-refractivity contribution in [3.8, 4) is 11.5 Å². The number of benzene rings is 1. The molecule has 0 spiro atoms. The summed E-state index contributed by atoms with van der Waals surface area (Å²) in [5.74, 6) is 1.45. The van der Waals surface area contributed by atoms with Crippen LogP contribution in [0.3, 0.4) is 0 Å². The third-order valence-electron chi connectivity index (χ3n) is 5.38. The molecule has 1 aromatic carbocycles. The predicted octanol–water partition coefficient (Wildman–Crippen LogP) is 3.07. The minimum atomic E-state index is -0.504. The molecule has 1 aromatic rings. The van der Waals surface area contributed by atoms with Crippen molar-refractivity contribution in [1.82, 2.24) is 9.80 Å².